The number of carbonyl (C=O) groups is 1. The molecule has 0 bridgehead atoms. The number of amides is 1. The van der Waals surface area contributed by atoms with E-state index in [2.05, 4.69) is 25.6 Å². The van der Waals surface area contributed by atoms with Crippen LogP contribution < -0.4 is 15.5 Å². The molecule has 1 aliphatic carbocycles. The summed E-state index contributed by atoms with van der Waals surface area (Å²) >= 11 is 0. The van der Waals surface area contributed by atoms with Gasteiger partial charge in [0.25, 0.3) is 6.43 Å². The van der Waals surface area contributed by atoms with E-state index < -0.39 is 18.9 Å². The highest BCUT2D eigenvalue weighted by Gasteiger charge is 2.31. The first-order chi connectivity index (χ1) is 16.5. The van der Waals surface area contributed by atoms with Crippen molar-refractivity contribution in [2.45, 2.75) is 31.4 Å². The predicted octanol–water partition coefficient (Wildman–Crippen LogP) is 1.64. The lowest BCUT2D eigenvalue weighted by Gasteiger charge is -2.36. The number of rotatable bonds is 7. The van der Waals surface area contributed by atoms with Gasteiger partial charge in [-0.3, -0.25) is 9.36 Å². The Balaban J connectivity index is 1.49. The number of para-hydroxylation sites is 2. The van der Waals surface area contributed by atoms with Crippen molar-refractivity contribution >= 4 is 28.7 Å². The van der Waals surface area contributed by atoms with E-state index in [0.717, 1.165) is 0 Å². The summed E-state index contributed by atoms with van der Waals surface area (Å²) in [5.74, 6) is 0.433. The van der Waals surface area contributed by atoms with Gasteiger partial charge in [-0.05, 0) is 25.0 Å². The average molecular weight is 473 g/mol. The molecule has 3 heterocycles. The molecule has 1 aromatic carbocycles. The van der Waals surface area contributed by atoms with Crippen LogP contribution in [0.5, 0.6) is 0 Å². The van der Waals surface area contributed by atoms with Gasteiger partial charge in [0.05, 0.1) is 24.2 Å². The van der Waals surface area contributed by atoms with Crippen LogP contribution >= 0.6 is 0 Å². The molecule has 3 N–H and O–H groups in total. The number of alkyl halides is 2. The average Bonchev–Trinajstić information content (AvgIpc) is 3.23. The van der Waals surface area contributed by atoms with E-state index in [1.165, 1.54) is 4.57 Å². The smallest absolute Gasteiger partial charge is 0.296 e. The summed E-state index contributed by atoms with van der Waals surface area (Å²) in [5, 5.41) is 15.0. The maximum Gasteiger partial charge on any atom is 0.296 e. The lowest BCUT2D eigenvalue weighted by atomic mass is 9.86. The molecule has 180 valence electrons. The molecular weight excluding hydrogens is 448 g/mol. The summed E-state index contributed by atoms with van der Waals surface area (Å²) in [5.41, 5.74) is 0.992. The molecule has 5 rings (SSSR count). The molecule has 0 radical (unpaired) electrons. The van der Waals surface area contributed by atoms with Crippen LogP contribution in [0.3, 0.4) is 0 Å². The largest absolute Gasteiger partial charge is 0.387 e. The molecule has 12 heteroatoms. The van der Waals surface area contributed by atoms with Gasteiger partial charge < -0.3 is 25.4 Å². The van der Waals surface area contributed by atoms with E-state index in [1.54, 1.807) is 30.3 Å². The van der Waals surface area contributed by atoms with Crippen LogP contribution in [0.25, 0.3) is 16.9 Å². The fourth-order valence-corrected chi connectivity index (χ4v) is 4.28. The van der Waals surface area contributed by atoms with Crippen molar-refractivity contribution < 1.29 is 23.4 Å². The number of aromatic nitrogens is 4. The summed E-state index contributed by atoms with van der Waals surface area (Å²) < 4.78 is 34.7. The third kappa shape index (κ3) is 4.50. The highest BCUT2D eigenvalue weighted by molar-refractivity contribution is 5.78. The Morgan fingerprint density at radius 3 is 2.65 bits per heavy atom. The molecule has 1 amide bonds. The first-order valence-electron chi connectivity index (χ1n) is 11.2. The van der Waals surface area contributed by atoms with Crippen molar-refractivity contribution in [3.05, 3.63) is 36.2 Å². The zero-order chi connectivity index (χ0) is 23.7. The Labute approximate surface area is 194 Å². The number of anilines is 2. The van der Waals surface area contributed by atoms with Crippen LogP contribution in [0.2, 0.25) is 0 Å². The number of fused-ring (bicyclic) bond motifs is 1. The molecule has 1 saturated carbocycles. The molecule has 34 heavy (non-hydrogen) atoms. The second-order valence-electron chi connectivity index (χ2n) is 8.34. The SMILES string of the molecule is O=C(CO)NC1CC(Nc2cc(-n3c(C(F)F)nc4ccccc43)nc(N3CCOCC3)n2)C1. The molecule has 0 atom stereocenters. The molecule has 3 aromatic rings. The monoisotopic (exact) mass is 473 g/mol. The van der Waals surface area contributed by atoms with Crippen LogP contribution in [0, 0.1) is 0 Å². The van der Waals surface area contributed by atoms with Gasteiger partial charge in [0.2, 0.25) is 11.9 Å². The summed E-state index contributed by atoms with van der Waals surface area (Å²) in [6, 6.07) is 8.61. The van der Waals surface area contributed by atoms with Crippen LogP contribution in [-0.4, -0.2) is 75.5 Å². The Morgan fingerprint density at radius 1 is 1.15 bits per heavy atom. The van der Waals surface area contributed by atoms with E-state index in [9.17, 15) is 13.6 Å². The zero-order valence-corrected chi connectivity index (χ0v) is 18.3. The summed E-state index contributed by atoms with van der Waals surface area (Å²) in [6.07, 6.45) is -1.46. The number of imidazole rings is 1. The predicted molar refractivity (Wildman–Crippen MR) is 120 cm³/mol. The van der Waals surface area contributed by atoms with Gasteiger partial charge in [-0.15, -0.1) is 0 Å². The Bertz CT molecular complexity index is 1180. The number of aliphatic hydroxyl groups excluding tert-OH is 1. The Kier molecular flexibility index (Phi) is 6.24. The molecule has 1 saturated heterocycles. The maximum atomic E-state index is 13.9. The number of nitrogens with one attached hydrogen (secondary N) is 2. The van der Waals surface area contributed by atoms with E-state index in [-0.39, 0.29) is 17.9 Å². The number of hydrogen-bond donors (Lipinski definition) is 3. The van der Waals surface area contributed by atoms with Gasteiger partial charge in [-0.1, -0.05) is 12.1 Å². The van der Waals surface area contributed by atoms with Gasteiger partial charge >= 0.3 is 0 Å². The number of hydrogen-bond acceptors (Lipinski definition) is 8. The highest BCUT2D eigenvalue weighted by Crippen LogP contribution is 2.30. The Morgan fingerprint density at radius 2 is 1.91 bits per heavy atom. The van der Waals surface area contributed by atoms with Gasteiger partial charge in [-0.25, -0.2) is 13.8 Å². The van der Waals surface area contributed by atoms with Crippen molar-refractivity contribution in [1.82, 2.24) is 24.8 Å². The van der Waals surface area contributed by atoms with Crippen molar-refractivity contribution in [3.63, 3.8) is 0 Å². The fourth-order valence-electron chi connectivity index (χ4n) is 4.28. The van der Waals surface area contributed by atoms with Gasteiger partial charge in [0, 0.05) is 31.2 Å². The maximum absolute atomic E-state index is 13.9. The number of carbonyl (C=O) groups excluding carboxylic acids is 1. The summed E-state index contributed by atoms with van der Waals surface area (Å²) in [4.78, 5) is 26.8. The number of ether oxygens (including phenoxy) is 1. The molecule has 2 fully saturated rings. The summed E-state index contributed by atoms with van der Waals surface area (Å²) in [7, 11) is 0. The van der Waals surface area contributed by atoms with E-state index in [1.807, 2.05) is 4.90 Å². The number of nitrogens with zero attached hydrogens (tertiary/aromatic N) is 5. The van der Waals surface area contributed by atoms with Crippen molar-refractivity contribution in [1.29, 1.82) is 0 Å². The van der Waals surface area contributed by atoms with Crippen LogP contribution in [-0.2, 0) is 9.53 Å². The number of benzene rings is 1. The first-order valence-corrected chi connectivity index (χ1v) is 11.2. The fraction of sp³-hybridized carbons (Fsp3) is 0.455. The zero-order valence-electron chi connectivity index (χ0n) is 18.3. The van der Waals surface area contributed by atoms with Crippen molar-refractivity contribution in [2.24, 2.45) is 0 Å². The number of halogens is 2. The minimum absolute atomic E-state index is 0.0276. The molecule has 0 spiro atoms. The third-order valence-corrected chi connectivity index (χ3v) is 6.00. The van der Waals surface area contributed by atoms with Gasteiger partial charge in [0.15, 0.2) is 5.82 Å². The molecule has 2 aromatic heterocycles. The highest BCUT2D eigenvalue weighted by atomic mass is 19.3. The molecule has 1 aliphatic heterocycles. The van der Waals surface area contributed by atoms with Crippen molar-refractivity contribution in [3.8, 4) is 5.82 Å². The molecule has 10 nitrogen and oxygen atoms in total. The molecular formula is C22H25F2N7O3. The van der Waals surface area contributed by atoms with Crippen molar-refractivity contribution in [2.75, 3.05) is 43.1 Å². The lowest BCUT2D eigenvalue weighted by Crippen LogP contribution is -2.50. The minimum Gasteiger partial charge on any atom is -0.387 e. The second-order valence-corrected chi connectivity index (χ2v) is 8.34. The quantitative estimate of drug-likeness (QED) is 0.474. The van der Waals surface area contributed by atoms with Crippen LogP contribution in [0.4, 0.5) is 20.5 Å². The lowest BCUT2D eigenvalue weighted by molar-refractivity contribution is -0.125. The topological polar surface area (TPSA) is 117 Å². The first kappa shape index (κ1) is 22.4. The number of morpholine rings is 1. The summed E-state index contributed by atoms with van der Waals surface area (Å²) in [6.45, 7) is 1.70. The van der Waals surface area contributed by atoms with Gasteiger partial charge in [-0.2, -0.15) is 9.97 Å². The molecule has 2 aliphatic rings. The van der Waals surface area contributed by atoms with Crippen LogP contribution in [0.15, 0.2) is 30.3 Å². The van der Waals surface area contributed by atoms with E-state index in [4.69, 9.17) is 9.84 Å². The Hall–Kier alpha value is -3.38. The van der Waals surface area contributed by atoms with E-state index >= 15 is 0 Å². The van der Waals surface area contributed by atoms with Gasteiger partial charge in [0.1, 0.15) is 18.2 Å². The third-order valence-electron chi connectivity index (χ3n) is 6.00. The minimum atomic E-state index is -2.78. The number of aliphatic hydroxyl groups is 1. The standard InChI is InChI=1S/C22H25F2N7O3/c23-20(24)21-27-15-3-1-2-4-16(15)31(21)18-11-17(25-13-9-14(10-13)26-19(33)12-32)28-22(29-18)30-5-7-34-8-6-30/h1-4,11,13-14,20,32H,5-10,12H2,(H,26,33)(H,25,28,29). The van der Waals surface area contributed by atoms with Crippen LogP contribution in [0.1, 0.15) is 25.1 Å². The van der Waals surface area contributed by atoms with E-state index in [0.29, 0.717) is 67.8 Å². The second kappa shape index (κ2) is 9.47. The molecule has 0 unspecified atom stereocenters. The normalized spacial score (nSPS) is 20.4.